The van der Waals surface area contributed by atoms with Gasteiger partial charge in [0.1, 0.15) is 5.58 Å². The van der Waals surface area contributed by atoms with E-state index in [-0.39, 0.29) is 0 Å². The lowest BCUT2D eigenvalue weighted by atomic mass is 10.0. The van der Waals surface area contributed by atoms with Crippen LogP contribution in [0.1, 0.15) is 18.2 Å². The van der Waals surface area contributed by atoms with E-state index in [4.69, 9.17) is 4.42 Å². The molecule has 0 bridgehead atoms. The van der Waals surface area contributed by atoms with Crippen molar-refractivity contribution in [3.05, 3.63) is 218 Å². The predicted octanol–water partition coefficient (Wildman–Crippen LogP) is 15.7. The molecule has 3 heteroatoms. The van der Waals surface area contributed by atoms with Gasteiger partial charge in [0.15, 0.2) is 5.58 Å². The Hall–Kier alpha value is -7.62. The average molecular weight is 745 g/mol. The van der Waals surface area contributed by atoms with Crippen molar-refractivity contribution in [3.63, 3.8) is 0 Å². The van der Waals surface area contributed by atoms with Gasteiger partial charge >= 0.3 is 0 Å². The zero-order valence-electron chi connectivity index (χ0n) is 32.2. The summed E-state index contributed by atoms with van der Waals surface area (Å²) in [4.78, 5) is 2.34. The molecular formula is C55H40N2O. The summed E-state index contributed by atoms with van der Waals surface area (Å²) in [6.07, 6.45) is 6.23. The third-order valence-electron chi connectivity index (χ3n) is 11.1. The topological polar surface area (TPSA) is 21.3 Å². The monoisotopic (exact) mass is 744 g/mol. The van der Waals surface area contributed by atoms with Crippen LogP contribution >= 0.6 is 0 Å². The van der Waals surface area contributed by atoms with Gasteiger partial charge in [-0.3, -0.25) is 0 Å². The maximum Gasteiger partial charge on any atom is 0.159 e. The van der Waals surface area contributed by atoms with Crippen molar-refractivity contribution >= 4 is 62.1 Å². The van der Waals surface area contributed by atoms with Crippen molar-refractivity contribution in [2.75, 3.05) is 4.90 Å². The number of benzene rings is 8. The highest BCUT2D eigenvalue weighted by Crippen LogP contribution is 2.41. The molecule has 10 aromatic rings. The van der Waals surface area contributed by atoms with Crippen LogP contribution < -0.4 is 4.90 Å². The Morgan fingerprint density at radius 3 is 1.72 bits per heavy atom. The zero-order valence-corrected chi connectivity index (χ0v) is 32.2. The molecule has 0 radical (unpaired) electrons. The average Bonchev–Trinajstić information content (AvgIpc) is 3.83. The largest absolute Gasteiger partial charge is 0.454 e. The normalized spacial score (nSPS) is 11.5. The fourth-order valence-corrected chi connectivity index (χ4v) is 8.36. The van der Waals surface area contributed by atoms with E-state index < -0.39 is 0 Å². The number of rotatable bonds is 9. The first-order chi connectivity index (χ1) is 28.7. The molecule has 10 rings (SSSR count). The van der Waals surface area contributed by atoms with E-state index in [9.17, 15) is 0 Å². The molecule has 0 N–H and O–H groups in total. The summed E-state index contributed by atoms with van der Waals surface area (Å²) >= 11 is 0. The molecule has 2 aromatic heterocycles. The molecule has 0 aliphatic carbocycles. The van der Waals surface area contributed by atoms with E-state index in [0.717, 1.165) is 78.0 Å². The maximum absolute atomic E-state index is 6.53. The number of hydrogen-bond acceptors (Lipinski definition) is 2. The van der Waals surface area contributed by atoms with Crippen molar-refractivity contribution in [1.82, 2.24) is 4.57 Å². The highest BCUT2D eigenvalue weighted by molar-refractivity contribution is 6.08. The molecule has 0 fully saturated rings. The van der Waals surface area contributed by atoms with Gasteiger partial charge in [-0.05, 0) is 107 Å². The highest BCUT2D eigenvalue weighted by atomic mass is 16.3. The summed E-state index contributed by atoms with van der Waals surface area (Å²) in [5.41, 5.74) is 16.3. The molecule has 0 saturated heterocycles. The van der Waals surface area contributed by atoms with Gasteiger partial charge in [-0.1, -0.05) is 152 Å². The second kappa shape index (κ2) is 14.8. The summed E-state index contributed by atoms with van der Waals surface area (Å²) in [5, 5.41) is 3.35. The summed E-state index contributed by atoms with van der Waals surface area (Å²) in [6, 6.07) is 69.1. The van der Waals surface area contributed by atoms with Gasteiger partial charge in [0.25, 0.3) is 0 Å². The molecular weight excluding hydrogens is 705 g/mol. The minimum atomic E-state index is 0.871. The van der Waals surface area contributed by atoms with Crippen LogP contribution in [-0.4, -0.2) is 4.57 Å². The van der Waals surface area contributed by atoms with Crippen molar-refractivity contribution in [3.8, 4) is 39.1 Å². The number of para-hydroxylation sites is 2. The number of hydrogen-bond donors (Lipinski definition) is 0. The van der Waals surface area contributed by atoms with Crippen LogP contribution in [0.5, 0.6) is 0 Å². The fraction of sp³-hybridized carbons (Fsp3) is 0.0182. The maximum atomic E-state index is 6.53. The molecule has 58 heavy (non-hydrogen) atoms. The highest BCUT2D eigenvalue weighted by Gasteiger charge is 2.20. The zero-order chi connectivity index (χ0) is 39.0. The van der Waals surface area contributed by atoms with Crippen LogP contribution in [0, 0.1) is 0 Å². The number of nitrogens with zero attached hydrogens (tertiary/aromatic N) is 2. The Kier molecular flexibility index (Phi) is 8.89. The van der Waals surface area contributed by atoms with Crippen LogP contribution in [0.15, 0.2) is 211 Å². The smallest absolute Gasteiger partial charge is 0.159 e. The summed E-state index contributed by atoms with van der Waals surface area (Å²) in [6.45, 7) is 6.35. The standard InChI is InChI=1S/C55H40N2O/c1-3-15-51-47(4-2)50-37-43(30-35-52(50)57(51)53-24-14-23-49-48-22-11-12-25-54(48)58-55(49)53)41-28-33-45(34-29-41)56(44-31-26-40(27-32-44)38-16-7-5-8-17-38)46-21-13-20-42(36-46)39-18-9-6-10-19-39/h3-37H,2H2,1H3/b15-3-. The SMILES string of the molecule is C=Cc1c(/C=C\C)n(-c2cccc3c2oc2ccccc23)c2ccc(-c3ccc(N(c4ccc(-c5ccccc5)cc4)c4cccc(-c5ccccc5)c4)cc3)cc12. The first-order valence-electron chi connectivity index (χ1n) is 19.7. The van der Waals surface area contributed by atoms with E-state index in [1.165, 1.54) is 22.3 Å². The van der Waals surface area contributed by atoms with Crippen LogP contribution in [0.2, 0.25) is 0 Å². The van der Waals surface area contributed by atoms with Gasteiger partial charge in [-0.25, -0.2) is 0 Å². The lowest BCUT2D eigenvalue weighted by molar-refractivity contribution is 0.666. The Balaban J connectivity index is 1.07. The summed E-state index contributed by atoms with van der Waals surface area (Å²) < 4.78 is 8.84. The van der Waals surface area contributed by atoms with Crippen molar-refractivity contribution in [2.45, 2.75) is 6.92 Å². The molecule has 0 aliphatic heterocycles. The summed E-state index contributed by atoms with van der Waals surface area (Å²) in [7, 11) is 0. The Bertz CT molecular complexity index is 3110. The van der Waals surface area contributed by atoms with Gasteiger partial charge in [-0.15, -0.1) is 0 Å². The van der Waals surface area contributed by atoms with Crippen LogP contribution in [0.25, 0.3) is 84.1 Å². The van der Waals surface area contributed by atoms with E-state index in [1.54, 1.807) is 0 Å². The molecule has 0 atom stereocenters. The number of fused-ring (bicyclic) bond motifs is 4. The molecule has 0 amide bonds. The first-order valence-corrected chi connectivity index (χ1v) is 19.7. The van der Waals surface area contributed by atoms with Crippen molar-refractivity contribution in [1.29, 1.82) is 0 Å². The number of allylic oxidation sites excluding steroid dienone is 1. The van der Waals surface area contributed by atoms with Gasteiger partial charge in [-0.2, -0.15) is 0 Å². The minimum Gasteiger partial charge on any atom is -0.454 e. The van der Waals surface area contributed by atoms with Gasteiger partial charge in [0, 0.05) is 38.8 Å². The second-order valence-corrected chi connectivity index (χ2v) is 14.5. The van der Waals surface area contributed by atoms with E-state index >= 15 is 0 Å². The minimum absolute atomic E-state index is 0.871. The lowest BCUT2D eigenvalue weighted by Crippen LogP contribution is -2.10. The van der Waals surface area contributed by atoms with Crippen molar-refractivity contribution < 1.29 is 4.42 Å². The molecule has 0 unspecified atom stereocenters. The second-order valence-electron chi connectivity index (χ2n) is 14.5. The Labute approximate surface area is 338 Å². The lowest BCUT2D eigenvalue weighted by Gasteiger charge is -2.26. The van der Waals surface area contributed by atoms with Crippen LogP contribution in [0.3, 0.4) is 0 Å². The number of anilines is 3. The van der Waals surface area contributed by atoms with E-state index in [1.807, 2.05) is 18.2 Å². The Morgan fingerprint density at radius 2 is 1.03 bits per heavy atom. The van der Waals surface area contributed by atoms with Gasteiger partial charge in [0.05, 0.1) is 16.9 Å². The van der Waals surface area contributed by atoms with Gasteiger partial charge < -0.3 is 13.9 Å². The van der Waals surface area contributed by atoms with Crippen LogP contribution in [0.4, 0.5) is 17.1 Å². The molecule has 0 spiro atoms. The van der Waals surface area contributed by atoms with E-state index in [0.29, 0.717) is 0 Å². The third kappa shape index (κ3) is 6.10. The number of furan rings is 1. The van der Waals surface area contributed by atoms with E-state index in [2.05, 4.69) is 217 Å². The molecule has 2 heterocycles. The van der Waals surface area contributed by atoms with Crippen LogP contribution in [-0.2, 0) is 0 Å². The quantitative estimate of drug-likeness (QED) is 0.147. The molecule has 3 nitrogen and oxygen atoms in total. The fourth-order valence-electron chi connectivity index (χ4n) is 8.36. The summed E-state index contributed by atoms with van der Waals surface area (Å²) in [5.74, 6) is 0. The van der Waals surface area contributed by atoms with Crippen molar-refractivity contribution in [2.24, 2.45) is 0 Å². The molecule has 276 valence electrons. The molecule has 8 aromatic carbocycles. The predicted molar refractivity (Wildman–Crippen MR) is 246 cm³/mol. The third-order valence-corrected chi connectivity index (χ3v) is 11.1. The number of aromatic nitrogens is 1. The molecule has 0 aliphatic rings. The Morgan fingerprint density at radius 1 is 0.483 bits per heavy atom. The molecule has 0 saturated carbocycles. The first kappa shape index (κ1) is 34.8. The van der Waals surface area contributed by atoms with Gasteiger partial charge in [0.2, 0.25) is 0 Å².